The molecule has 0 aliphatic heterocycles. The number of hydrogen-bond acceptors (Lipinski definition) is 10. The topological polar surface area (TPSA) is 142 Å². The Morgan fingerprint density at radius 2 is 1.70 bits per heavy atom. The Kier molecular flexibility index (Phi) is 7.45. The van der Waals surface area contributed by atoms with Crippen LogP contribution >= 0.6 is 0 Å². The summed E-state index contributed by atoms with van der Waals surface area (Å²) in [7, 11) is -1.10. The average Bonchev–Trinajstić information content (AvgIpc) is 3.29. The molecule has 0 saturated carbocycles. The molecule has 0 spiro atoms. The second-order valence-corrected chi connectivity index (χ2v) is 10.6. The van der Waals surface area contributed by atoms with E-state index in [1.54, 1.807) is 35.2 Å². The molecule has 13 heteroatoms. The Balaban J connectivity index is 1.83. The van der Waals surface area contributed by atoms with E-state index in [0.717, 1.165) is 18.0 Å². The molecular weight excluding hydrogens is 503 g/mol. The van der Waals surface area contributed by atoms with E-state index < -0.39 is 32.8 Å². The maximum Gasteiger partial charge on any atom is 0.170 e. The normalized spacial score (nSPS) is 13.2. The van der Waals surface area contributed by atoms with Crippen molar-refractivity contribution in [2.24, 2.45) is 0 Å². The van der Waals surface area contributed by atoms with E-state index >= 15 is 0 Å². The molecule has 0 unspecified atom stereocenters. The highest BCUT2D eigenvalue weighted by molar-refractivity contribution is 7.91. The quantitative estimate of drug-likeness (QED) is 0.344. The molecule has 194 valence electrons. The molecule has 0 saturated heterocycles. The van der Waals surface area contributed by atoms with Crippen molar-refractivity contribution in [1.82, 2.24) is 29.7 Å². The van der Waals surface area contributed by atoms with E-state index in [0.29, 0.717) is 28.6 Å². The first-order valence-electron chi connectivity index (χ1n) is 11.1. The number of benzene rings is 1. The largest absolute Gasteiger partial charge is 0.494 e. The van der Waals surface area contributed by atoms with Crippen molar-refractivity contribution >= 4 is 9.84 Å². The lowest BCUT2D eigenvalue weighted by molar-refractivity contribution is 0.165. The van der Waals surface area contributed by atoms with Gasteiger partial charge in [0.25, 0.3) is 0 Å². The monoisotopic (exact) mass is 528 g/mol. The summed E-state index contributed by atoms with van der Waals surface area (Å²) >= 11 is 0. The van der Waals surface area contributed by atoms with Crippen LogP contribution in [0.2, 0.25) is 0 Å². The molecule has 2 atom stereocenters. The van der Waals surface area contributed by atoms with Gasteiger partial charge in [0.15, 0.2) is 33.1 Å². The fourth-order valence-electron chi connectivity index (χ4n) is 3.75. The van der Waals surface area contributed by atoms with Crippen LogP contribution in [0.1, 0.15) is 30.2 Å². The smallest absolute Gasteiger partial charge is 0.170 e. The molecule has 37 heavy (non-hydrogen) atoms. The zero-order valence-corrected chi connectivity index (χ0v) is 21.3. The number of aliphatic hydroxyl groups is 1. The SMILES string of the molecule is COc1cccc(OC)c1-n1c(CS(=O)(=O)[C@H](C)[C@@H](O)c2ncc(F)cn2)nnc1-c1cncc(C)c1. The minimum atomic E-state index is -4.06. The van der Waals surface area contributed by atoms with Gasteiger partial charge in [-0.3, -0.25) is 9.55 Å². The van der Waals surface area contributed by atoms with Gasteiger partial charge in [-0.2, -0.15) is 0 Å². The summed E-state index contributed by atoms with van der Waals surface area (Å²) in [5.41, 5.74) is 1.86. The molecule has 0 aliphatic rings. The van der Waals surface area contributed by atoms with E-state index in [9.17, 15) is 17.9 Å². The fraction of sp³-hybridized carbons (Fsp3) is 0.292. The van der Waals surface area contributed by atoms with Crippen molar-refractivity contribution in [2.75, 3.05) is 14.2 Å². The summed E-state index contributed by atoms with van der Waals surface area (Å²) in [6.45, 7) is 3.19. The zero-order valence-electron chi connectivity index (χ0n) is 20.5. The van der Waals surface area contributed by atoms with Gasteiger partial charge < -0.3 is 14.6 Å². The number of ether oxygens (including phenoxy) is 2. The number of aryl methyl sites for hydroxylation is 1. The fourth-order valence-corrected chi connectivity index (χ4v) is 5.08. The Labute approximate surface area is 212 Å². The van der Waals surface area contributed by atoms with Crippen molar-refractivity contribution in [1.29, 1.82) is 0 Å². The third-order valence-electron chi connectivity index (χ3n) is 5.73. The van der Waals surface area contributed by atoms with Crippen LogP contribution in [0.15, 0.2) is 49.1 Å². The van der Waals surface area contributed by atoms with E-state index in [1.807, 2.05) is 13.0 Å². The number of sulfone groups is 1. The molecule has 4 rings (SSSR count). The van der Waals surface area contributed by atoms with Crippen molar-refractivity contribution in [3.05, 3.63) is 72.1 Å². The molecular formula is C24H25FN6O5S. The maximum atomic E-state index is 13.4. The third kappa shape index (κ3) is 5.27. The lowest BCUT2D eigenvalue weighted by Gasteiger charge is -2.20. The van der Waals surface area contributed by atoms with Gasteiger partial charge in [-0.15, -0.1) is 10.2 Å². The molecule has 0 bridgehead atoms. The van der Waals surface area contributed by atoms with Gasteiger partial charge in [-0.25, -0.2) is 22.8 Å². The predicted octanol–water partition coefficient (Wildman–Crippen LogP) is 2.62. The van der Waals surface area contributed by atoms with Crippen LogP contribution in [-0.2, 0) is 15.6 Å². The number of methoxy groups -OCH3 is 2. The van der Waals surface area contributed by atoms with Crippen LogP contribution in [-0.4, -0.2) is 62.7 Å². The molecule has 0 amide bonds. The Morgan fingerprint density at radius 1 is 1.05 bits per heavy atom. The van der Waals surface area contributed by atoms with Crippen LogP contribution < -0.4 is 9.47 Å². The number of rotatable bonds is 9. The molecule has 0 radical (unpaired) electrons. The molecule has 4 aromatic rings. The summed E-state index contributed by atoms with van der Waals surface area (Å²) in [4.78, 5) is 11.6. The average molecular weight is 529 g/mol. The lowest BCUT2D eigenvalue weighted by atomic mass is 10.2. The zero-order chi connectivity index (χ0) is 26.7. The number of aromatic nitrogens is 6. The van der Waals surface area contributed by atoms with Gasteiger partial charge in [-0.05, 0) is 37.6 Å². The number of nitrogens with zero attached hydrogens (tertiary/aromatic N) is 6. The van der Waals surface area contributed by atoms with Gasteiger partial charge in [0.2, 0.25) is 0 Å². The third-order valence-corrected chi connectivity index (χ3v) is 7.79. The minimum absolute atomic E-state index is 0.0541. The van der Waals surface area contributed by atoms with Crippen molar-refractivity contribution in [3.8, 4) is 28.6 Å². The van der Waals surface area contributed by atoms with Crippen LogP contribution in [0.25, 0.3) is 17.1 Å². The molecule has 11 nitrogen and oxygen atoms in total. The van der Waals surface area contributed by atoms with Crippen molar-refractivity contribution < 1.29 is 27.4 Å². The van der Waals surface area contributed by atoms with Crippen LogP contribution in [0, 0.1) is 12.7 Å². The van der Waals surface area contributed by atoms with E-state index in [4.69, 9.17) is 9.47 Å². The van der Waals surface area contributed by atoms with Crippen LogP contribution in [0.4, 0.5) is 4.39 Å². The lowest BCUT2D eigenvalue weighted by Crippen LogP contribution is -2.29. The van der Waals surface area contributed by atoms with E-state index in [2.05, 4.69) is 25.1 Å². The van der Waals surface area contributed by atoms with E-state index in [-0.39, 0.29) is 11.6 Å². The first-order chi connectivity index (χ1) is 17.7. The number of pyridine rings is 1. The molecule has 3 heterocycles. The summed E-state index contributed by atoms with van der Waals surface area (Å²) in [5.74, 6) is -0.349. The number of aliphatic hydroxyl groups excluding tert-OH is 1. The Bertz CT molecular complexity index is 1490. The van der Waals surface area contributed by atoms with Crippen molar-refractivity contribution in [2.45, 2.75) is 31.0 Å². The predicted molar refractivity (Wildman–Crippen MR) is 131 cm³/mol. The van der Waals surface area contributed by atoms with Gasteiger partial charge in [0.05, 0.1) is 31.9 Å². The second kappa shape index (κ2) is 10.6. The summed E-state index contributed by atoms with van der Waals surface area (Å²) in [6, 6.07) is 6.97. The highest BCUT2D eigenvalue weighted by Gasteiger charge is 2.34. The first-order valence-corrected chi connectivity index (χ1v) is 12.8. The number of para-hydroxylation sites is 1. The highest BCUT2D eigenvalue weighted by Crippen LogP contribution is 2.37. The number of hydrogen-bond donors (Lipinski definition) is 1. The molecule has 0 aliphatic carbocycles. The van der Waals surface area contributed by atoms with Gasteiger partial charge >= 0.3 is 0 Å². The Morgan fingerprint density at radius 3 is 2.30 bits per heavy atom. The summed E-state index contributed by atoms with van der Waals surface area (Å²) in [5, 5.41) is 17.8. The molecule has 3 aromatic heterocycles. The summed E-state index contributed by atoms with van der Waals surface area (Å²) in [6.07, 6.45) is 3.39. The van der Waals surface area contributed by atoms with Crippen LogP contribution in [0.5, 0.6) is 11.5 Å². The van der Waals surface area contributed by atoms with E-state index in [1.165, 1.54) is 21.1 Å². The molecule has 1 N–H and O–H groups in total. The standard InChI is InChI=1S/C24H25FN6O5S/c1-14-8-16(10-26-9-14)24-30-29-20(31(24)21-18(35-3)6-5-7-19(21)36-4)13-37(33,34)15(2)22(32)23-27-11-17(25)12-28-23/h5-12,15,22,32H,13H2,1-4H3/t15-,22-/m1/s1. The molecule has 1 aromatic carbocycles. The van der Waals surface area contributed by atoms with Crippen LogP contribution in [0.3, 0.4) is 0 Å². The Hall–Kier alpha value is -3.97. The van der Waals surface area contributed by atoms with Gasteiger partial charge in [-0.1, -0.05) is 6.07 Å². The minimum Gasteiger partial charge on any atom is -0.494 e. The second-order valence-electron chi connectivity index (χ2n) is 8.25. The number of halogens is 1. The van der Waals surface area contributed by atoms with Gasteiger partial charge in [0.1, 0.15) is 29.0 Å². The maximum absolute atomic E-state index is 13.4. The van der Waals surface area contributed by atoms with Crippen molar-refractivity contribution in [3.63, 3.8) is 0 Å². The first kappa shape index (κ1) is 26.1. The van der Waals surface area contributed by atoms with Gasteiger partial charge in [0, 0.05) is 18.0 Å². The molecule has 0 fully saturated rings. The summed E-state index contributed by atoms with van der Waals surface area (Å²) < 4.78 is 52.7. The highest BCUT2D eigenvalue weighted by atomic mass is 32.2.